The Kier molecular flexibility index (Phi) is 11.1. The molecule has 0 aromatic rings. The lowest BCUT2D eigenvalue weighted by atomic mass is 9.86. The quantitative estimate of drug-likeness (QED) is 0.375. The Labute approximate surface area is 138 Å². The fourth-order valence-electron chi connectivity index (χ4n) is 2.53. The summed E-state index contributed by atoms with van der Waals surface area (Å²) >= 11 is 0. The fraction of sp³-hybridized carbons (Fsp3) is 0.769. The Morgan fingerprint density at radius 2 is 1.42 bits per heavy atom. The molecule has 142 valence electrons. The topological polar surface area (TPSA) is 208 Å². The van der Waals surface area contributed by atoms with Crippen LogP contribution < -0.4 is 0 Å². The van der Waals surface area contributed by atoms with Gasteiger partial charge in [0.1, 0.15) is 6.10 Å². The molecule has 8 N–H and O–H groups in total. The highest BCUT2D eigenvalue weighted by Crippen LogP contribution is 2.29. The molecule has 2 bridgehead atoms. The molecule has 0 radical (unpaired) electrons. The van der Waals surface area contributed by atoms with Crippen molar-refractivity contribution in [1.29, 1.82) is 0 Å². The number of piperidine rings is 3. The van der Waals surface area contributed by atoms with Crippen molar-refractivity contribution in [3.63, 3.8) is 0 Å². The summed E-state index contributed by atoms with van der Waals surface area (Å²) in [5, 5.41) is 32.5. The van der Waals surface area contributed by atoms with Gasteiger partial charge in [-0.2, -0.15) is 0 Å². The van der Waals surface area contributed by atoms with E-state index < -0.39 is 24.1 Å². The number of nitrogens with zero attached hydrogens (tertiary/aromatic N) is 1. The second kappa shape index (κ2) is 10.9. The normalized spacial score (nSPS) is 26.4. The second-order valence-electron chi connectivity index (χ2n) is 5.35. The van der Waals surface area contributed by atoms with Crippen LogP contribution in [0.25, 0.3) is 0 Å². The molecule has 0 aromatic carbocycles. The Bertz CT molecular complexity index is 403. The van der Waals surface area contributed by atoms with Crippen LogP contribution in [0.3, 0.4) is 0 Å². The van der Waals surface area contributed by atoms with Gasteiger partial charge in [-0.15, -0.1) is 0 Å². The van der Waals surface area contributed by atoms with Crippen LogP contribution in [-0.2, 0) is 19.1 Å². The summed E-state index contributed by atoms with van der Waals surface area (Å²) in [6.45, 7) is 4.85. The lowest BCUT2D eigenvalue weighted by Crippen LogP contribution is -2.51. The summed E-state index contributed by atoms with van der Waals surface area (Å²) in [5.41, 5.74) is 0. The minimum absolute atomic E-state index is 0. The number of hydrogen-bond donors (Lipinski definition) is 4. The number of rotatable bonds is 4. The standard InChI is InChI=1S/C9H15NO2.C4H6O6.2H2O/c1-7(11)12-9-6-10-4-2-8(9)3-5-10;5-1(3(7)8)2(6)4(9)10;;/h8-9H,2-6H2,1H3;1-2,5-6H,(H,7,8)(H,9,10);2*1H2/t9-;1-,2-;;/m01../s1. The van der Waals surface area contributed by atoms with E-state index in [-0.39, 0.29) is 23.0 Å². The number of carbonyl (C=O) groups is 3. The van der Waals surface area contributed by atoms with Gasteiger partial charge in [-0.05, 0) is 31.8 Å². The Morgan fingerprint density at radius 3 is 1.67 bits per heavy atom. The third kappa shape index (κ3) is 7.19. The number of carboxylic acids is 2. The van der Waals surface area contributed by atoms with E-state index in [1.54, 1.807) is 0 Å². The van der Waals surface area contributed by atoms with Crippen molar-refractivity contribution in [2.75, 3.05) is 19.6 Å². The molecule has 0 aliphatic carbocycles. The SMILES string of the molecule is CC(=O)O[C@H]1CN2CCC1CC2.O.O.O=C(O)[C@H](O)[C@@H](O)C(=O)O. The molecule has 0 saturated carbocycles. The molecular formula is C13H25NO10. The van der Waals surface area contributed by atoms with Crippen molar-refractivity contribution in [3.05, 3.63) is 0 Å². The van der Waals surface area contributed by atoms with Gasteiger partial charge < -0.3 is 36.1 Å². The summed E-state index contributed by atoms with van der Waals surface area (Å²) in [6.07, 6.45) is -1.93. The summed E-state index contributed by atoms with van der Waals surface area (Å²) in [4.78, 5) is 32.7. The molecule has 0 unspecified atom stereocenters. The van der Waals surface area contributed by atoms with Crippen LogP contribution in [0.5, 0.6) is 0 Å². The van der Waals surface area contributed by atoms with Gasteiger partial charge >= 0.3 is 17.9 Å². The first-order chi connectivity index (χ1) is 10.2. The average Bonchev–Trinajstić information content (AvgIpc) is 2.46. The molecule has 3 fully saturated rings. The van der Waals surface area contributed by atoms with E-state index in [0.29, 0.717) is 5.92 Å². The van der Waals surface area contributed by atoms with Gasteiger partial charge in [-0.25, -0.2) is 9.59 Å². The van der Waals surface area contributed by atoms with Crippen LogP contribution in [0.4, 0.5) is 0 Å². The minimum Gasteiger partial charge on any atom is -0.479 e. The van der Waals surface area contributed by atoms with Crippen LogP contribution in [0, 0.1) is 5.92 Å². The lowest BCUT2D eigenvalue weighted by molar-refractivity contribution is -0.165. The van der Waals surface area contributed by atoms with Crippen molar-refractivity contribution < 1.29 is 50.5 Å². The second-order valence-corrected chi connectivity index (χ2v) is 5.35. The molecule has 0 spiro atoms. The zero-order valence-corrected chi connectivity index (χ0v) is 13.2. The summed E-state index contributed by atoms with van der Waals surface area (Å²) in [7, 11) is 0. The third-order valence-electron chi connectivity index (χ3n) is 3.72. The smallest absolute Gasteiger partial charge is 0.335 e. The molecule has 3 rings (SSSR count). The number of aliphatic hydroxyl groups is 2. The predicted molar refractivity (Wildman–Crippen MR) is 79.2 cm³/mol. The molecule has 0 amide bonds. The number of esters is 1. The van der Waals surface area contributed by atoms with Gasteiger partial charge in [0.2, 0.25) is 0 Å². The van der Waals surface area contributed by atoms with Crippen LogP contribution in [0.2, 0.25) is 0 Å². The molecule has 11 heteroatoms. The van der Waals surface area contributed by atoms with Gasteiger partial charge in [0.05, 0.1) is 0 Å². The number of fused-ring (bicyclic) bond motifs is 3. The highest BCUT2D eigenvalue weighted by molar-refractivity contribution is 5.83. The number of hydrogen-bond acceptors (Lipinski definition) is 7. The molecule has 3 aliphatic heterocycles. The molecule has 0 aromatic heterocycles. The Morgan fingerprint density at radius 1 is 1.00 bits per heavy atom. The van der Waals surface area contributed by atoms with E-state index in [4.69, 9.17) is 25.2 Å². The average molecular weight is 355 g/mol. The number of carboxylic acid groups (broad SMARTS) is 2. The summed E-state index contributed by atoms with van der Waals surface area (Å²) in [5.74, 6) is -3.03. The molecular weight excluding hydrogens is 330 g/mol. The zero-order valence-electron chi connectivity index (χ0n) is 13.2. The van der Waals surface area contributed by atoms with E-state index in [9.17, 15) is 14.4 Å². The zero-order chi connectivity index (χ0) is 16.9. The Balaban J connectivity index is 0. The lowest BCUT2D eigenvalue weighted by Gasteiger charge is -2.43. The predicted octanol–water partition coefficient (Wildman–Crippen LogP) is -3.13. The number of ether oxygens (including phenoxy) is 1. The monoisotopic (exact) mass is 355 g/mol. The maximum Gasteiger partial charge on any atom is 0.335 e. The van der Waals surface area contributed by atoms with E-state index in [2.05, 4.69) is 4.90 Å². The molecule has 3 atom stereocenters. The van der Waals surface area contributed by atoms with Gasteiger partial charge in [0.15, 0.2) is 12.2 Å². The highest BCUT2D eigenvalue weighted by atomic mass is 16.5. The fourth-order valence-corrected chi connectivity index (χ4v) is 2.53. The number of carbonyl (C=O) groups excluding carboxylic acids is 1. The number of aliphatic carboxylic acids is 2. The highest BCUT2D eigenvalue weighted by Gasteiger charge is 2.35. The first kappa shape index (κ1) is 24.5. The van der Waals surface area contributed by atoms with Crippen LogP contribution >= 0.6 is 0 Å². The summed E-state index contributed by atoms with van der Waals surface area (Å²) in [6, 6.07) is 0. The van der Waals surface area contributed by atoms with Crippen LogP contribution in [0.15, 0.2) is 0 Å². The summed E-state index contributed by atoms with van der Waals surface area (Å²) < 4.78 is 5.24. The molecule has 3 heterocycles. The van der Waals surface area contributed by atoms with E-state index in [0.717, 1.165) is 6.54 Å². The first-order valence-electron chi connectivity index (χ1n) is 6.93. The van der Waals surface area contributed by atoms with E-state index in [1.807, 2.05) is 0 Å². The van der Waals surface area contributed by atoms with Crippen LogP contribution in [0.1, 0.15) is 19.8 Å². The largest absolute Gasteiger partial charge is 0.479 e. The van der Waals surface area contributed by atoms with Crippen molar-refractivity contribution in [2.45, 2.75) is 38.1 Å². The number of aliphatic hydroxyl groups excluding tert-OH is 2. The maximum atomic E-state index is 10.7. The van der Waals surface area contributed by atoms with Crippen molar-refractivity contribution in [2.24, 2.45) is 5.92 Å². The molecule has 3 saturated heterocycles. The minimum atomic E-state index is -2.27. The van der Waals surface area contributed by atoms with Gasteiger partial charge in [-0.1, -0.05) is 0 Å². The van der Waals surface area contributed by atoms with Gasteiger partial charge in [-0.3, -0.25) is 9.69 Å². The molecule has 11 nitrogen and oxygen atoms in total. The Hall–Kier alpha value is -1.79. The molecule has 3 aliphatic rings. The third-order valence-corrected chi connectivity index (χ3v) is 3.72. The molecule has 24 heavy (non-hydrogen) atoms. The van der Waals surface area contributed by atoms with Crippen molar-refractivity contribution >= 4 is 17.9 Å². The van der Waals surface area contributed by atoms with E-state index in [1.165, 1.54) is 32.9 Å². The van der Waals surface area contributed by atoms with Crippen molar-refractivity contribution in [1.82, 2.24) is 4.90 Å². The van der Waals surface area contributed by atoms with Gasteiger partial charge in [0, 0.05) is 13.5 Å². The maximum absolute atomic E-state index is 10.7. The van der Waals surface area contributed by atoms with Crippen LogP contribution in [-0.4, -0.2) is 92.1 Å². The van der Waals surface area contributed by atoms with Gasteiger partial charge in [0.25, 0.3) is 0 Å². The van der Waals surface area contributed by atoms with E-state index >= 15 is 0 Å². The van der Waals surface area contributed by atoms with Crippen molar-refractivity contribution in [3.8, 4) is 0 Å². The first-order valence-corrected chi connectivity index (χ1v) is 6.93.